The van der Waals surface area contributed by atoms with E-state index in [4.69, 9.17) is 4.52 Å². The molecule has 0 spiro atoms. The smallest absolute Gasteiger partial charge is 0.273 e. The van der Waals surface area contributed by atoms with Gasteiger partial charge in [0.15, 0.2) is 11.5 Å². The van der Waals surface area contributed by atoms with Gasteiger partial charge in [-0.15, -0.1) is 0 Å². The van der Waals surface area contributed by atoms with Crippen molar-refractivity contribution in [3.05, 3.63) is 17.5 Å². The molecule has 0 radical (unpaired) electrons. The zero-order valence-corrected chi connectivity index (χ0v) is 16.0. The van der Waals surface area contributed by atoms with E-state index in [9.17, 15) is 9.59 Å². The molecule has 0 saturated heterocycles. The summed E-state index contributed by atoms with van der Waals surface area (Å²) in [6.07, 6.45) is 0. The Labute approximate surface area is 145 Å². The van der Waals surface area contributed by atoms with Gasteiger partial charge >= 0.3 is 0 Å². The predicted octanol–water partition coefficient (Wildman–Crippen LogP) is 3.09. The van der Waals surface area contributed by atoms with Crippen molar-refractivity contribution >= 4 is 11.8 Å². The number of aromatic nitrogens is 1. The van der Waals surface area contributed by atoms with Gasteiger partial charge in [-0.2, -0.15) is 0 Å². The Bertz CT molecular complexity index is 556. The molecule has 2 amide bonds. The van der Waals surface area contributed by atoms with Gasteiger partial charge in [-0.1, -0.05) is 53.6 Å². The van der Waals surface area contributed by atoms with E-state index in [2.05, 4.69) is 24.3 Å². The van der Waals surface area contributed by atoms with Gasteiger partial charge in [0.05, 0.1) is 6.54 Å². The van der Waals surface area contributed by atoms with E-state index in [0.29, 0.717) is 37.2 Å². The van der Waals surface area contributed by atoms with E-state index in [1.807, 2.05) is 34.6 Å². The number of carbonyl (C=O) groups excluding carboxylic acids is 2. The molecule has 0 aliphatic heterocycles. The third-order valence-corrected chi connectivity index (χ3v) is 3.32. The van der Waals surface area contributed by atoms with E-state index in [-0.39, 0.29) is 17.5 Å². The van der Waals surface area contributed by atoms with Crippen LogP contribution in [-0.2, 0) is 11.3 Å². The largest absolute Gasteiger partial charge is 0.359 e. The van der Waals surface area contributed by atoms with Gasteiger partial charge in [-0.3, -0.25) is 9.59 Å². The highest BCUT2D eigenvalue weighted by Crippen LogP contribution is 2.20. The minimum atomic E-state index is -0.466. The Balaban J connectivity index is 2.81. The normalized spacial score (nSPS) is 11.9. The fourth-order valence-corrected chi connectivity index (χ4v) is 2.20. The molecule has 1 rings (SSSR count). The molecule has 24 heavy (non-hydrogen) atoms. The number of hydrogen-bond donors (Lipinski definition) is 1. The maximum Gasteiger partial charge on any atom is 0.273 e. The Morgan fingerprint density at radius 3 is 2.33 bits per heavy atom. The van der Waals surface area contributed by atoms with Crippen LogP contribution in [0.4, 0.5) is 0 Å². The first kappa shape index (κ1) is 20.2. The second-order valence-electron chi connectivity index (χ2n) is 8.11. The molecule has 0 bridgehead atoms. The van der Waals surface area contributed by atoms with Gasteiger partial charge in [0.2, 0.25) is 5.91 Å². The molecule has 0 aromatic carbocycles. The van der Waals surface area contributed by atoms with Gasteiger partial charge in [-0.05, 0) is 11.8 Å². The SMILES string of the molecule is CC(C)CNC(=O)c1cc(CN(CC(C)C)C(=O)C(C)(C)C)on1. The monoisotopic (exact) mass is 337 g/mol. The summed E-state index contributed by atoms with van der Waals surface area (Å²) in [7, 11) is 0. The summed E-state index contributed by atoms with van der Waals surface area (Å²) in [5.74, 6) is 1.02. The molecule has 0 aliphatic rings. The van der Waals surface area contributed by atoms with Crippen molar-refractivity contribution in [2.45, 2.75) is 55.0 Å². The minimum Gasteiger partial charge on any atom is -0.359 e. The van der Waals surface area contributed by atoms with Crippen molar-refractivity contribution < 1.29 is 14.1 Å². The molecular weight excluding hydrogens is 306 g/mol. The summed E-state index contributed by atoms with van der Waals surface area (Å²) in [6, 6.07) is 1.61. The molecule has 0 unspecified atom stereocenters. The summed E-state index contributed by atoms with van der Waals surface area (Å²) >= 11 is 0. The topological polar surface area (TPSA) is 75.4 Å². The third kappa shape index (κ3) is 6.34. The summed E-state index contributed by atoms with van der Waals surface area (Å²) in [4.78, 5) is 26.4. The Hall–Kier alpha value is -1.85. The lowest BCUT2D eigenvalue weighted by Gasteiger charge is -2.30. The van der Waals surface area contributed by atoms with Gasteiger partial charge in [-0.25, -0.2) is 0 Å². The fraction of sp³-hybridized carbons (Fsp3) is 0.722. The first-order valence-electron chi connectivity index (χ1n) is 8.53. The Kier molecular flexibility index (Phi) is 6.99. The first-order chi connectivity index (χ1) is 11.0. The van der Waals surface area contributed by atoms with Crippen LogP contribution in [0.2, 0.25) is 0 Å². The maximum atomic E-state index is 12.6. The van der Waals surface area contributed by atoms with Gasteiger partial charge in [0.25, 0.3) is 5.91 Å². The molecule has 6 nitrogen and oxygen atoms in total. The number of rotatable bonds is 7. The minimum absolute atomic E-state index is 0.0541. The number of hydrogen-bond acceptors (Lipinski definition) is 4. The molecule has 0 fully saturated rings. The van der Waals surface area contributed by atoms with Crippen LogP contribution in [0.3, 0.4) is 0 Å². The van der Waals surface area contributed by atoms with Crippen LogP contribution in [0, 0.1) is 17.3 Å². The zero-order chi connectivity index (χ0) is 18.5. The molecule has 0 aliphatic carbocycles. The highest BCUT2D eigenvalue weighted by atomic mass is 16.5. The molecule has 1 aromatic heterocycles. The van der Waals surface area contributed by atoms with Crippen LogP contribution < -0.4 is 5.32 Å². The van der Waals surface area contributed by atoms with Crippen molar-refractivity contribution in [3.8, 4) is 0 Å². The van der Waals surface area contributed by atoms with Crippen LogP contribution >= 0.6 is 0 Å². The Morgan fingerprint density at radius 2 is 1.83 bits per heavy atom. The van der Waals surface area contributed by atoms with Crippen LogP contribution in [0.25, 0.3) is 0 Å². The van der Waals surface area contributed by atoms with E-state index in [0.717, 1.165) is 0 Å². The summed E-state index contributed by atoms with van der Waals surface area (Å²) in [5, 5.41) is 6.63. The van der Waals surface area contributed by atoms with Gasteiger partial charge < -0.3 is 14.7 Å². The fourth-order valence-electron chi connectivity index (χ4n) is 2.20. The molecule has 6 heteroatoms. The van der Waals surface area contributed by atoms with E-state index >= 15 is 0 Å². The highest BCUT2D eigenvalue weighted by molar-refractivity contribution is 5.92. The van der Waals surface area contributed by atoms with Crippen LogP contribution in [0.1, 0.15) is 64.7 Å². The molecule has 0 saturated carbocycles. The lowest BCUT2D eigenvalue weighted by molar-refractivity contribution is -0.141. The number of amides is 2. The average molecular weight is 337 g/mol. The highest BCUT2D eigenvalue weighted by Gasteiger charge is 2.28. The van der Waals surface area contributed by atoms with Crippen molar-refractivity contribution in [3.63, 3.8) is 0 Å². The molecular formula is C18H31N3O3. The first-order valence-corrected chi connectivity index (χ1v) is 8.53. The number of carbonyl (C=O) groups is 2. The van der Waals surface area contributed by atoms with Crippen molar-refractivity contribution in [2.24, 2.45) is 17.3 Å². The maximum absolute atomic E-state index is 12.6. The molecule has 1 aromatic rings. The second-order valence-corrected chi connectivity index (χ2v) is 8.11. The lowest BCUT2D eigenvalue weighted by atomic mass is 9.94. The van der Waals surface area contributed by atoms with E-state index in [1.165, 1.54) is 0 Å². The van der Waals surface area contributed by atoms with E-state index in [1.54, 1.807) is 11.0 Å². The Morgan fingerprint density at radius 1 is 1.21 bits per heavy atom. The van der Waals surface area contributed by atoms with Crippen molar-refractivity contribution in [1.82, 2.24) is 15.4 Å². The van der Waals surface area contributed by atoms with E-state index < -0.39 is 5.41 Å². The standard InChI is InChI=1S/C18H31N3O3/c1-12(2)9-19-16(22)15-8-14(24-20-15)11-21(10-13(3)4)17(23)18(5,6)7/h8,12-13H,9-11H2,1-7H3,(H,19,22). The summed E-state index contributed by atoms with van der Waals surface area (Å²) in [6.45, 7) is 15.4. The average Bonchev–Trinajstić information content (AvgIpc) is 2.90. The predicted molar refractivity (Wildman–Crippen MR) is 93.4 cm³/mol. The van der Waals surface area contributed by atoms with Crippen LogP contribution in [0.5, 0.6) is 0 Å². The lowest BCUT2D eigenvalue weighted by Crippen LogP contribution is -2.40. The van der Waals surface area contributed by atoms with Crippen LogP contribution in [0.15, 0.2) is 10.6 Å². The molecule has 1 heterocycles. The van der Waals surface area contributed by atoms with Gasteiger partial charge in [0, 0.05) is 24.6 Å². The number of nitrogens with zero attached hydrogens (tertiary/aromatic N) is 2. The summed E-state index contributed by atoms with van der Waals surface area (Å²) in [5.41, 5.74) is -0.217. The summed E-state index contributed by atoms with van der Waals surface area (Å²) < 4.78 is 5.26. The molecule has 0 atom stereocenters. The quantitative estimate of drug-likeness (QED) is 0.829. The third-order valence-electron chi connectivity index (χ3n) is 3.32. The van der Waals surface area contributed by atoms with Crippen molar-refractivity contribution in [2.75, 3.05) is 13.1 Å². The van der Waals surface area contributed by atoms with Gasteiger partial charge in [0.1, 0.15) is 0 Å². The number of nitrogens with one attached hydrogen (secondary N) is 1. The molecule has 1 N–H and O–H groups in total. The second kappa shape index (κ2) is 8.31. The zero-order valence-electron chi connectivity index (χ0n) is 16.0. The van der Waals surface area contributed by atoms with Crippen LogP contribution in [-0.4, -0.2) is 35.0 Å². The van der Waals surface area contributed by atoms with Crippen molar-refractivity contribution in [1.29, 1.82) is 0 Å². The molecule has 136 valence electrons.